The molecule has 1 aromatic heterocycles. The zero-order valence-corrected chi connectivity index (χ0v) is 9.98. The topological polar surface area (TPSA) is 39.1 Å². The van der Waals surface area contributed by atoms with Gasteiger partial charge in [-0.1, -0.05) is 0 Å². The number of imidazole rings is 1. The normalized spacial score (nSPS) is 21.2. The summed E-state index contributed by atoms with van der Waals surface area (Å²) in [6, 6.07) is 0. The fourth-order valence-corrected chi connectivity index (χ4v) is 2.11. The third-order valence-electron chi connectivity index (χ3n) is 3.13. The lowest BCUT2D eigenvalue weighted by atomic mass is 10.0. The number of ether oxygens (including phenoxy) is 1. The van der Waals surface area contributed by atoms with Gasteiger partial charge in [-0.05, 0) is 18.8 Å². The molecule has 1 aliphatic heterocycles. The Kier molecular flexibility index (Phi) is 4.36. The number of rotatable bonds is 5. The average Bonchev–Trinajstić information content (AvgIpc) is 2.72. The molecular formula is C12H21N3O. The molecule has 2 heterocycles. The maximum Gasteiger partial charge on any atom is 0.109 e. The molecule has 0 saturated carbocycles. The van der Waals surface area contributed by atoms with Crippen molar-refractivity contribution in [2.75, 3.05) is 26.3 Å². The summed E-state index contributed by atoms with van der Waals surface area (Å²) in [5, 5.41) is 3.49. The maximum atomic E-state index is 5.45. The van der Waals surface area contributed by atoms with Gasteiger partial charge in [-0.15, -0.1) is 0 Å². The molecule has 0 spiro atoms. The maximum absolute atomic E-state index is 5.45. The fourth-order valence-electron chi connectivity index (χ4n) is 2.11. The molecule has 0 bridgehead atoms. The van der Waals surface area contributed by atoms with Crippen LogP contribution >= 0.6 is 0 Å². The lowest BCUT2D eigenvalue weighted by Gasteiger charge is -2.22. The SMILES string of the molecule is Cn1ccnc1CCNCC1CCCOC1. The number of hydrogen-bond donors (Lipinski definition) is 1. The van der Waals surface area contributed by atoms with Crippen LogP contribution in [0.1, 0.15) is 18.7 Å². The Hall–Kier alpha value is -0.870. The molecule has 0 aromatic carbocycles. The van der Waals surface area contributed by atoms with Crippen molar-refractivity contribution >= 4 is 0 Å². The molecule has 0 radical (unpaired) electrons. The second-order valence-corrected chi connectivity index (χ2v) is 4.49. The van der Waals surface area contributed by atoms with Crippen molar-refractivity contribution in [3.8, 4) is 0 Å². The lowest BCUT2D eigenvalue weighted by Crippen LogP contribution is -2.30. The fraction of sp³-hybridized carbons (Fsp3) is 0.750. The van der Waals surface area contributed by atoms with E-state index >= 15 is 0 Å². The monoisotopic (exact) mass is 223 g/mol. The Morgan fingerprint density at radius 1 is 1.62 bits per heavy atom. The highest BCUT2D eigenvalue weighted by atomic mass is 16.5. The largest absolute Gasteiger partial charge is 0.381 e. The second kappa shape index (κ2) is 6.01. The standard InChI is InChI=1S/C12H21N3O/c1-15-7-6-14-12(15)4-5-13-9-11-3-2-8-16-10-11/h6-7,11,13H,2-5,8-10H2,1H3. The molecule has 1 saturated heterocycles. The lowest BCUT2D eigenvalue weighted by molar-refractivity contribution is 0.0549. The predicted molar refractivity (Wildman–Crippen MR) is 63.3 cm³/mol. The molecule has 1 unspecified atom stereocenters. The molecule has 2 rings (SSSR count). The number of aryl methyl sites for hydroxylation is 1. The van der Waals surface area contributed by atoms with E-state index in [-0.39, 0.29) is 0 Å². The molecule has 1 atom stereocenters. The minimum atomic E-state index is 0.704. The summed E-state index contributed by atoms with van der Waals surface area (Å²) in [6.45, 7) is 3.95. The van der Waals surface area contributed by atoms with Crippen LogP contribution in [0.15, 0.2) is 12.4 Å². The van der Waals surface area contributed by atoms with E-state index in [9.17, 15) is 0 Å². The number of nitrogens with one attached hydrogen (secondary N) is 1. The van der Waals surface area contributed by atoms with Gasteiger partial charge < -0.3 is 14.6 Å². The highest BCUT2D eigenvalue weighted by Crippen LogP contribution is 2.11. The van der Waals surface area contributed by atoms with E-state index in [1.54, 1.807) is 0 Å². The first-order valence-corrected chi connectivity index (χ1v) is 6.11. The zero-order chi connectivity index (χ0) is 11.2. The van der Waals surface area contributed by atoms with Crippen LogP contribution in [0, 0.1) is 5.92 Å². The molecule has 1 N–H and O–H groups in total. The Bertz CT molecular complexity index is 305. The molecule has 4 nitrogen and oxygen atoms in total. The minimum absolute atomic E-state index is 0.704. The quantitative estimate of drug-likeness (QED) is 0.756. The van der Waals surface area contributed by atoms with E-state index in [4.69, 9.17) is 4.74 Å². The highest BCUT2D eigenvalue weighted by Gasteiger charge is 2.12. The number of hydrogen-bond acceptors (Lipinski definition) is 3. The van der Waals surface area contributed by atoms with Gasteiger partial charge in [-0.25, -0.2) is 4.98 Å². The minimum Gasteiger partial charge on any atom is -0.381 e. The molecule has 1 fully saturated rings. The molecule has 0 aliphatic carbocycles. The predicted octanol–water partition coefficient (Wildman–Crippen LogP) is 0.979. The van der Waals surface area contributed by atoms with Gasteiger partial charge in [0.2, 0.25) is 0 Å². The Morgan fingerprint density at radius 3 is 3.25 bits per heavy atom. The van der Waals surface area contributed by atoms with Gasteiger partial charge in [0.15, 0.2) is 0 Å². The number of nitrogens with zero attached hydrogens (tertiary/aromatic N) is 2. The molecular weight excluding hydrogens is 202 g/mol. The van der Waals surface area contributed by atoms with E-state index in [1.165, 1.54) is 12.8 Å². The van der Waals surface area contributed by atoms with Crippen molar-refractivity contribution in [2.24, 2.45) is 13.0 Å². The zero-order valence-electron chi connectivity index (χ0n) is 9.98. The Labute approximate surface area is 97.0 Å². The summed E-state index contributed by atoms with van der Waals surface area (Å²) < 4.78 is 7.52. The Balaban J connectivity index is 1.59. The van der Waals surface area contributed by atoms with Crippen molar-refractivity contribution in [1.82, 2.24) is 14.9 Å². The number of aromatic nitrogens is 2. The van der Waals surface area contributed by atoms with Crippen LogP contribution in [0.2, 0.25) is 0 Å². The van der Waals surface area contributed by atoms with Crippen LogP contribution in [0.25, 0.3) is 0 Å². The van der Waals surface area contributed by atoms with E-state index < -0.39 is 0 Å². The smallest absolute Gasteiger partial charge is 0.109 e. The third kappa shape index (κ3) is 3.32. The van der Waals surface area contributed by atoms with Crippen LogP contribution in [0.3, 0.4) is 0 Å². The summed E-state index contributed by atoms with van der Waals surface area (Å²) in [5.41, 5.74) is 0. The van der Waals surface area contributed by atoms with Crippen LogP contribution < -0.4 is 5.32 Å². The van der Waals surface area contributed by atoms with Crippen molar-refractivity contribution in [3.05, 3.63) is 18.2 Å². The first-order valence-electron chi connectivity index (χ1n) is 6.11. The molecule has 0 amide bonds. The van der Waals surface area contributed by atoms with Gasteiger partial charge in [0.1, 0.15) is 5.82 Å². The highest BCUT2D eigenvalue weighted by molar-refractivity contribution is 4.91. The van der Waals surface area contributed by atoms with E-state index in [1.807, 2.05) is 19.4 Å². The molecule has 4 heteroatoms. The van der Waals surface area contributed by atoms with Crippen LogP contribution in [-0.4, -0.2) is 35.9 Å². The third-order valence-corrected chi connectivity index (χ3v) is 3.13. The van der Waals surface area contributed by atoms with Crippen molar-refractivity contribution in [1.29, 1.82) is 0 Å². The van der Waals surface area contributed by atoms with Crippen LogP contribution in [0.4, 0.5) is 0 Å². The van der Waals surface area contributed by atoms with Gasteiger partial charge in [0.05, 0.1) is 6.61 Å². The molecule has 90 valence electrons. The summed E-state index contributed by atoms with van der Waals surface area (Å²) >= 11 is 0. The summed E-state index contributed by atoms with van der Waals surface area (Å²) in [5.74, 6) is 1.85. The van der Waals surface area contributed by atoms with Gasteiger partial charge in [-0.3, -0.25) is 0 Å². The van der Waals surface area contributed by atoms with Gasteiger partial charge in [0.25, 0.3) is 0 Å². The van der Waals surface area contributed by atoms with Crippen LogP contribution in [-0.2, 0) is 18.2 Å². The van der Waals surface area contributed by atoms with E-state index in [0.717, 1.165) is 38.5 Å². The van der Waals surface area contributed by atoms with Gasteiger partial charge in [0, 0.05) is 45.6 Å². The van der Waals surface area contributed by atoms with E-state index in [0.29, 0.717) is 5.92 Å². The van der Waals surface area contributed by atoms with Gasteiger partial charge in [-0.2, -0.15) is 0 Å². The first kappa shape index (κ1) is 11.6. The molecule has 16 heavy (non-hydrogen) atoms. The summed E-state index contributed by atoms with van der Waals surface area (Å²) in [6.07, 6.45) is 7.35. The molecule has 1 aliphatic rings. The first-order chi connectivity index (χ1) is 7.86. The van der Waals surface area contributed by atoms with Gasteiger partial charge >= 0.3 is 0 Å². The van der Waals surface area contributed by atoms with Crippen LogP contribution in [0.5, 0.6) is 0 Å². The van der Waals surface area contributed by atoms with Crippen molar-refractivity contribution < 1.29 is 4.74 Å². The van der Waals surface area contributed by atoms with Crippen molar-refractivity contribution in [3.63, 3.8) is 0 Å². The van der Waals surface area contributed by atoms with Crippen molar-refractivity contribution in [2.45, 2.75) is 19.3 Å². The molecule has 1 aromatic rings. The van der Waals surface area contributed by atoms with E-state index in [2.05, 4.69) is 14.9 Å². The average molecular weight is 223 g/mol. The summed E-state index contributed by atoms with van der Waals surface area (Å²) in [4.78, 5) is 4.30. The summed E-state index contributed by atoms with van der Waals surface area (Å²) in [7, 11) is 2.04. The Morgan fingerprint density at radius 2 is 2.56 bits per heavy atom. The second-order valence-electron chi connectivity index (χ2n) is 4.49.